The lowest BCUT2D eigenvalue weighted by Crippen LogP contribution is -2.41. The summed E-state index contributed by atoms with van der Waals surface area (Å²) in [6.45, 7) is 9.97. The molecule has 1 aliphatic rings. The van der Waals surface area contributed by atoms with Crippen LogP contribution in [0.25, 0.3) is 0 Å². The van der Waals surface area contributed by atoms with Crippen LogP contribution in [0.2, 0.25) is 0 Å². The van der Waals surface area contributed by atoms with Gasteiger partial charge in [-0.05, 0) is 53.0 Å². The maximum absolute atomic E-state index is 13.0. The number of amides is 1. The first kappa shape index (κ1) is 19.2. The lowest BCUT2D eigenvalue weighted by Gasteiger charge is -2.26. The molecule has 1 heterocycles. The molecule has 2 rings (SSSR count). The Morgan fingerprint density at radius 1 is 1.24 bits per heavy atom. The van der Waals surface area contributed by atoms with Crippen molar-refractivity contribution in [2.45, 2.75) is 60.0 Å². The van der Waals surface area contributed by atoms with Crippen molar-refractivity contribution in [3.8, 4) is 0 Å². The lowest BCUT2D eigenvalue weighted by atomic mass is 10.0. The molecule has 0 spiro atoms. The summed E-state index contributed by atoms with van der Waals surface area (Å²) in [6.07, 6.45) is 1.82. The largest absolute Gasteiger partial charge is 0.464 e. The number of ether oxygens (including phenoxy) is 1. The van der Waals surface area contributed by atoms with Gasteiger partial charge in [-0.15, -0.1) is 0 Å². The van der Waals surface area contributed by atoms with E-state index < -0.39 is 5.97 Å². The average molecular weight is 348 g/mol. The van der Waals surface area contributed by atoms with Gasteiger partial charge >= 0.3 is 5.97 Å². The number of hydrogen-bond donors (Lipinski definition) is 0. The minimum absolute atomic E-state index is 0.0361. The highest BCUT2D eigenvalue weighted by atomic mass is 16.5. The van der Waals surface area contributed by atoms with Gasteiger partial charge in [-0.1, -0.05) is 0 Å². The molecule has 0 aromatic carbocycles. The van der Waals surface area contributed by atoms with Gasteiger partial charge in [0.1, 0.15) is 5.69 Å². The van der Waals surface area contributed by atoms with Crippen molar-refractivity contribution in [3.63, 3.8) is 0 Å². The van der Waals surface area contributed by atoms with E-state index >= 15 is 0 Å². The van der Waals surface area contributed by atoms with Crippen molar-refractivity contribution >= 4 is 17.7 Å². The van der Waals surface area contributed by atoms with Crippen LogP contribution in [0.15, 0.2) is 0 Å². The Morgan fingerprint density at radius 3 is 2.28 bits per heavy atom. The molecule has 1 aromatic heterocycles. The van der Waals surface area contributed by atoms with Crippen molar-refractivity contribution in [2.24, 2.45) is 5.92 Å². The topological polar surface area (TPSA) is 68.6 Å². The molecule has 1 aliphatic carbocycles. The minimum atomic E-state index is -0.448. The van der Waals surface area contributed by atoms with Gasteiger partial charge in [0, 0.05) is 29.8 Å². The molecule has 1 saturated carbocycles. The van der Waals surface area contributed by atoms with E-state index in [-0.39, 0.29) is 30.2 Å². The highest BCUT2D eigenvalue weighted by Crippen LogP contribution is 2.32. The number of carbonyl (C=O) groups is 3. The van der Waals surface area contributed by atoms with Gasteiger partial charge < -0.3 is 14.2 Å². The van der Waals surface area contributed by atoms with E-state index in [1.54, 1.807) is 16.4 Å². The molecule has 1 aromatic rings. The fourth-order valence-corrected chi connectivity index (χ4v) is 3.37. The number of hydrogen-bond acceptors (Lipinski definition) is 4. The molecule has 25 heavy (non-hydrogen) atoms. The van der Waals surface area contributed by atoms with E-state index in [1.807, 2.05) is 27.7 Å². The van der Waals surface area contributed by atoms with Crippen LogP contribution in [0.3, 0.4) is 0 Å². The molecule has 0 saturated heterocycles. The highest BCUT2D eigenvalue weighted by Gasteiger charge is 2.36. The normalized spacial score (nSPS) is 13.9. The Bertz CT molecular complexity index is 699. The quantitative estimate of drug-likeness (QED) is 0.561. The van der Waals surface area contributed by atoms with Crippen LogP contribution < -0.4 is 0 Å². The molecule has 1 fully saturated rings. The summed E-state index contributed by atoms with van der Waals surface area (Å²) >= 11 is 0. The zero-order valence-corrected chi connectivity index (χ0v) is 16.0. The fraction of sp³-hybridized carbons (Fsp3) is 0.632. The Morgan fingerprint density at radius 2 is 1.84 bits per heavy atom. The summed E-state index contributed by atoms with van der Waals surface area (Å²) in [5.74, 6) is -0.448. The molecule has 0 aliphatic heterocycles. The number of carbonyl (C=O) groups excluding carboxylic acids is 3. The first-order valence-corrected chi connectivity index (χ1v) is 8.86. The lowest BCUT2D eigenvalue weighted by molar-refractivity contribution is -0.133. The summed E-state index contributed by atoms with van der Waals surface area (Å²) < 4.78 is 6.67. The molecule has 0 atom stereocenters. The zero-order valence-electron chi connectivity index (χ0n) is 16.0. The SMILES string of the molecule is CCn1c(C)c(C(=O)CN(C(=O)C2CC2)C(C)C)c(C)c1C(=O)OC. The van der Waals surface area contributed by atoms with Crippen molar-refractivity contribution in [2.75, 3.05) is 13.7 Å². The van der Waals surface area contributed by atoms with E-state index in [0.29, 0.717) is 23.4 Å². The van der Waals surface area contributed by atoms with Gasteiger partial charge in [-0.3, -0.25) is 9.59 Å². The Kier molecular flexibility index (Phi) is 5.70. The van der Waals surface area contributed by atoms with E-state index in [2.05, 4.69) is 0 Å². The summed E-state index contributed by atoms with van der Waals surface area (Å²) in [5.41, 5.74) is 2.30. The van der Waals surface area contributed by atoms with Gasteiger partial charge in [0.25, 0.3) is 0 Å². The van der Waals surface area contributed by atoms with Crippen molar-refractivity contribution < 1.29 is 19.1 Å². The maximum Gasteiger partial charge on any atom is 0.354 e. The predicted molar refractivity (Wildman–Crippen MR) is 94.8 cm³/mol. The molecular formula is C19H28N2O4. The first-order chi connectivity index (χ1) is 11.7. The number of nitrogens with zero attached hydrogens (tertiary/aromatic N) is 2. The second kappa shape index (κ2) is 7.42. The molecule has 6 heteroatoms. The summed E-state index contributed by atoms with van der Waals surface area (Å²) in [5, 5.41) is 0. The number of aromatic nitrogens is 1. The third-order valence-electron chi connectivity index (χ3n) is 4.89. The van der Waals surface area contributed by atoms with Crippen molar-refractivity contribution in [3.05, 3.63) is 22.5 Å². The Balaban J connectivity index is 2.36. The third-order valence-corrected chi connectivity index (χ3v) is 4.89. The van der Waals surface area contributed by atoms with Crippen LogP contribution in [-0.4, -0.2) is 46.8 Å². The van der Waals surface area contributed by atoms with Gasteiger partial charge in [0.05, 0.1) is 13.7 Å². The molecule has 0 bridgehead atoms. The van der Waals surface area contributed by atoms with Crippen LogP contribution in [0.1, 0.15) is 65.7 Å². The van der Waals surface area contributed by atoms with Crippen LogP contribution in [-0.2, 0) is 16.1 Å². The second-order valence-corrected chi connectivity index (χ2v) is 6.93. The number of ketones is 1. The highest BCUT2D eigenvalue weighted by molar-refractivity contribution is 6.04. The van der Waals surface area contributed by atoms with Gasteiger partial charge in [-0.2, -0.15) is 0 Å². The van der Waals surface area contributed by atoms with Gasteiger partial charge in [-0.25, -0.2) is 4.79 Å². The van der Waals surface area contributed by atoms with Crippen molar-refractivity contribution in [1.82, 2.24) is 9.47 Å². The van der Waals surface area contributed by atoms with Crippen LogP contribution in [0, 0.1) is 19.8 Å². The minimum Gasteiger partial charge on any atom is -0.464 e. The van der Waals surface area contributed by atoms with E-state index in [9.17, 15) is 14.4 Å². The standard InChI is InChI=1S/C19H28N2O4/c1-7-20-13(5)16(12(4)17(20)19(24)25-6)15(22)10-21(11(2)3)18(23)14-8-9-14/h11,14H,7-10H2,1-6H3. The van der Waals surface area contributed by atoms with Crippen molar-refractivity contribution in [1.29, 1.82) is 0 Å². The molecule has 0 unspecified atom stereocenters. The van der Waals surface area contributed by atoms with Gasteiger partial charge in [0.15, 0.2) is 5.78 Å². The number of esters is 1. The molecule has 6 nitrogen and oxygen atoms in total. The maximum atomic E-state index is 13.0. The summed E-state index contributed by atoms with van der Waals surface area (Å²) in [7, 11) is 1.33. The zero-order chi connectivity index (χ0) is 18.9. The van der Waals surface area contributed by atoms with E-state index in [1.165, 1.54) is 7.11 Å². The summed E-state index contributed by atoms with van der Waals surface area (Å²) in [4.78, 5) is 39.2. The van der Waals surface area contributed by atoms with Crippen LogP contribution in [0.5, 0.6) is 0 Å². The number of methoxy groups -OCH3 is 1. The summed E-state index contributed by atoms with van der Waals surface area (Å²) in [6, 6.07) is -0.0361. The smallest absolute Gasteiger partial charge is 0.354 e. The monoisotopic (exact) mass is 348 g/mol. The predicted octanol–water partition coefficient (Wildman–Crippen LogP) is 2.74. The van der Waals surface area contributed by atoms with Crippen LogP contribution in [0.4, 0.5) is 0 Å². The molecule has 0 N–H and O–H groups in total. The van der Waals surface area contributed by atoms with E-state index in [4.69, 9.17) is 4.74 Å². The fourth-order valence-electron chi connectivity index (χ4n) is 3.37. The van der Waals surface area contributed by atoms with Crippen LogP contribution >= 0.6 is 0 Å². The number of Topliss-reactive ketones (excluding diaryl/α,β-unsaturated/α-hetero) is 1. The number of rotatable bonds is 7. The first-order valence-electron chi connectivity index (χ1n) is 8.86. The second-order valence-electron chi connectivity index (χ2n) is 6.93. The Labute approximate surface area is 149 Å². The average Bonchev–Trinajstić information content (AvgIpc) is 3.37. The Hall–Kier alpha value is -2.11. The molecule has 0 radical (unpaired) electrons. The van der Waals surface area contributed by atoms with E-state index in [0.717, 1.165) is 18.5 Å². The molecule has 1 amide bonds. The third kappa shape index (κ3) is 3.62. The molecular weight excluding hydrogens is 320 g/mol. The van der Waals surface area contributed by atoms with Gasteiger partial charge in [0.2, 0.25) is 5.91 Å². The molecule has 138 valence electrons.